The average Bonchev–Trinajstić information content (AvgIpc) is 2.68. The van der Waals surface area contributed by atoms with Gasteiger partial charge < -0.3 is 11.1 Å². The van der Waals surface area contributed by atoms with Crippen LogP contribution in [0.5, 0.6) is 0 Å². The van der Waals surface area contributed by atoms with Crippen molar-refractivity contribution < 1.29 is 4.79 Å². The third-order valence-corrected chi connectivity index (χ3v) is 2.91. The van der Waals surface area contributed by atoms with Crippen LogP contribution in [0.15, 0.2) is 24.3 Å². The fourth-order valence-corrected chi connectivity index (χ4v) is 1.95. The Hall–Kier alpha value is -1.06. The van der Waals surface area contributed by atoms with Crippen molar-refractivity contribution >= 4 is 24.0 Å². The fourth-order valence-electron chi connectivity index (χ4n) is 1.95. The Kier molecular flexibility index (Phi) is 4.33. The number of rotatable bonds is 2. The maximum absolute atomic E-state index is 11.9. The molecule has 1 fully saturated rings. The van der Waals surface area contributed by atoms with Gasteiger partial charge in [-0.1, -0.05) is 31.0 Å². The second-order valence-corrected chi connectivity index (χ2v) is 4.09. The van der Waals surface area contributed by atoms with Crippen molar-refractivity contribution in [3.63, 3.8) is 0 Å². The van der Waals surface area contributed by atoms with Crippen LogP contribution in [-0.2, 0) is 4.79 Å². The van der Waals surface area contributed by atoms with Gasteiger partial charge in [0.1, 0.15) is 0 Å². The maximum atomic E-state index is 11.9. The number of carbonyl (C=O) groups excluding carboxylic acids is 1. The van der Waals surface area contributed by atoms with Crippen LogP contribution in [0.1, 0.15) is 25.7 Å². The monoisotopic (exact) mass is 239 g/mol. The minimum atomic E-state index is -0.663. The topological polar surface area (TPSA) is 55.1 Å². The second-order valence-electron chi connectivity index (χ2n) is 4.09. The Bertz CT molecular complexity index is 347. The van der Waals surface area contributed by atoms with Crippen LogP contribution in [0.25, 0.3) is 0 Å². The first-order valence-electron chi connectivity index (χ1n) is 5.28. The van der Waals surface area contributed by atoms with Gasteiger partial charge in [-0.2, -0.15) is 0 Å². The highest BCUT2D eigenvalue weighted by Crippen LogP contribution is 2.28. The summed E-state index contributed by atoms with van der Waals surface area (Å²) in [7, 11) is 0. The van der Waals surface area contributed by atoms with E-state index in [0.29, 0.717) is 5.69 Å². The third kappa shape index (κ3) is 2.74. The molecule has 0 aromatic heterocycles. The van der Waals surface area contributed by atoms with E-state index in [-0.39, 0.29) is 18.3 Å². The number of nitrogens with two attached hydrogens (primary N) is 1. The average molecular weight is 240 g/mol. The molecular formula is C12H16ClN2O. The molecule has 0 atom stereocenters. The van der Waals surface area contributed by atoms with Crippen LogP contribution >= 0.6 is 12.4 Å². The Labute approximate surface area is 102 Å². The first-order chi connectivity index (χ1) is 7.21. The standard InChI is InChI=1S/C12H15N2O.ClH/c13-12(8-4-5-9-12)11(15)14-10-6-2-1-3-7-10;/h1-3,6H,4-5,8-9,13H2,(H,14,15);1H. The molecule has 1 saturated carbocycles. The van der Waals surface area contributed by atoms with Crippen molar-refractivity contribution in [2.75, 3.05) is 5.32 Å². The summed E-state index contributed by atoms with van der Waals surface area (Å²) in [5.74, 6) is -0.0811. The van der Waals surface area contributed by atoms with Gasteiger partial charge >= 0.3 is 0 Å². The summed E-state index contributed by atoms with van der Waals surface area (Å²) >= 11 is 0. The minimum Gasteiger partial charge on any atom is -0.324 e. The molecule has 0 aliphatic heterocycles. The maximum Gasteiger partial charge on any atom is 0.244 e. The molecule has 0 unspecified atom stereocenters. The lowest BCUT2D eigenvalue weighted by molar-refractivity contribution is -0.121. The molecule has 16 heavy (non-hydrogen) atoms. The lowest BCUT2D eigenvalue weighted by Gasteiger charge is -2.22. The predicted molar refractivity (Wildman–Crippen MR) is 66.5 cm³/mol. The molecule has 1 radical (unpaired) electrons. The van der Waals surface area contributed by atoms with Crippen LogP contribution in [-0.4, -0.2) is 11.4 Å². The van der Waals surface area contributed by atoms with E-state index in [0.717, 1.165) is 25.7 Å². The van der Waals surface area contributed by atoms with Gasteiger partial charge in [0.15, 0.2) is 0 Å². The summed E-state index contributed by atoms with van der Waals surface area (Å²) in [5, 5.41) is 2.80. The van der Waals surface area contributed by atoms with Gasteiger partial charge in [0, 0.05) is 11.8 Å². The van der Waals surface area contributed by atoms with E-state index in [1.54, 1.807) is 6.07 Å². The number of hydrogen-bond acceptors (Lipinski definition) is 2. The lowest BCUT2D eigenvalue weighted by atomic mass is 9.98. The van der Waals surface area contributed by atoms with E-state index in [1.165, 1.54) is 0 Å². The number of anilines is 1. The Morgan fingerprint density at radius 1 is 1.38 bits per heavy atom. The molecule has 2 rings (SSSR count). The summed E-state index contributed by atoms with van der Waals surface area (Å²) in [6, 6.07) is 10.3. The molecule has 1 aromatic carbocycles. The Morgan fingerprint density at radius 3 is 2.62 bits per heavy atom. The number of hydrogen-bond donors (Lipinski definition) is 2. The molecular weight excluding hydrogens is 224 g/mol. The zero-order valence-electron chi connectivity index (χ0n) is 9.03. The van der Waals surface area contributed by atoms with Crippen molar-refractivity contribution in [3.8, 4) is 0 Å². The number of halogens is 1. The highest BCUT2D eigenvalue weighted by Gasteiger charge is 2.36. The summed E-state index contributed by atoms with van der Waals surface area (Å²) in [6.07, 6.45) is 3.65. The molecule has 4 heteroatoms. The molecule has 87 valence electrons. The fraction of sp³-hybridized carbons (Fsp3) is 0.417. The molecule has 3 N–H and O–H groups in total. The molecule has 1 aliphatic carbocycles. The Morgan fingerprint density at radius 2 is 2.06 bits per heavy atom. The first-order valence-corrected chi connectivity index (χ1v) is 5.28. The first kappa shape index (κ1) is 13.0. The minimum absolute atomic E-state index is 0. The third-order valence-electron chi connectivity index (χ3n) is 2.91. The van der Waals surface area contributed by atoms with Crippen LogP contribution in [0.4, 0.5) is 5.69 Å². The molecule has 3 nitrogen and oxygen atoms in total. The number of para-hydroxylation sites is 1. The number of carbonyl (C=O) groups is 1. The number of benzene rings is 1. The lowest BCUT2D eigenvalue weighted by Crippen LogP contribution is -2.48. The highest BCUT2D eigenvalue weighted by molar-refractivity contribution is 5.98. The van der Waals surface area contributed by atoms with E-state index in [4.69, 9.17) is 5.73 Å². The van der Waals surface area contributed by atoms with E-state index >= 15 is 0 Å². The van der Waals surface area contributed by atoms with Crippen molar-refractivity contribution in [2.24, 2.45) is 5.73 Å². The zero-order valence-corrected chi connectivity index (χ0v) is 9.85. The van der Waals surface area contributed by atoms with Crippen molar-refractivity contribution in [1.29, 1.82) is 0 Å². The van der Waals surface area contributed by atoms with E-state index < -0.39 is 5.54 Å². The van der Waals surface area contributed by atoms with Gasteiger partial charge in [-0.3, -0.25) is 4.79 Å². The molecule has 1 aliphatic rings. The van der Waals surface area contributed by atoms with Gasteiger partial charge in [-0.05, 0) is 18.9 Å². The summed E-state index contributed by atoms with van der Waals surface area (Å²) in [4.78, 5) is 11.9. The van der Waals surface area contributed by atoms with E-state index in [2.05, 4.69) is 11.4 Å². The van der Waals surface area contributed by atoms with E-state index in [9.17, 15) is 4.79 Å². The summed E-state index contributed by atoms with van der Waals surface area (Å²) in [6.45, 7) is 0. The van der Waals surface area contributed by atoms with Crippen LogP contribution < -0.4 is 11.1 Å². The zero-order chi connectivity index (χ0) is 10.7. The highest BCUT2D eigenvalue weighted by atomic mass is 35.5. The van der Waals surface area contributed by atoms with Crippen molar-refractivity contribution in [3.05, 3.63) is 30.3 Å². The SMILES string of the molecule is Cl.NC1(C(=O)Nc2[c]cccc2)CCCC1. The largest absolute Gasteiger partial charge is 0.324 e. The smallest absolute Gasteiger partial charge is 0.244 e. The molecule has 0 spiro atoms. The number of amides is 1. The second kappa shape index (κ2) is 5.32. The molecule has 0 heterocycles. The van der Waals surface area contributed by atoms with Gasteiger partial charge in [-0.25, -0.2) is 0 Å². The predicted octanol–water partition coefficient (Wildman–Crippen LogP) is 2.12. The van der Waals surface area contributed by atoms with Crippen LogP contribution in [0.2, 0.25) is 0 Å². The van der Waals surface area contributed by atoms with Gasteiger partial charge in [0.05, 0.1) is 5.54 Å². The Balaban J connectivity index is 0.00000128. The van der Waals surface area contributed by atoms with Crippen LogP contribution in [0.3, 0.4) is 0 Å². The number of nitrogens with one attached hydrogen (secondary N) is 1. The molecule has 0 saturated heterocycles. The molecule has 1 amide bonds. The van der Waals surface area contributed by atoms with E-state index in [1.807, 2.05) is 18.2 Å². The quantitative estimate of drug-likeness (QED) is 0.831. The summed E-state index contributed by atoms with van der Waals surface area (Å²) < 4.78 is 0. The van der Waals surface area contributed by atoms with Gasteiger partial charge in [0.2, 0.25) is 5.91 Å². The van der Waals surface area contributed by atoms with Crippen molar-refractivity contribution in [2.45, 2.75) is 31.2 Å². The van der Waals surface area contributed by atoms with Crippen molar-refractivity contribution in [1.82, 2.24) is 0 Å². The van der Waals surface area contributed by atoms with Gasteiger partial charge in [0.25, 0.3) is 0 Å². The molecule has 0 bridgehead atoms. The van der Waals surface area contributed by atoms with Crippen LogP contribution in [0, 0.1) is 6.07 Å². The summed E-state index contributed by atoms with van der Waals surface area (Å²) in [5.41, 5.74) is 6.06. The normalized spacial score (nSPS) is 17.6. The van der Waals surface area contributed by atoms with Gasteiger partial charge in [-0.15, -0.1) is 12.4 Å². The molecule has 1 aromatic rings.